The summed E-state index contributed by atoms with van der Waals surface area (Å²) in [5.74, 6) is -1.02. The van der Waals surface area contributed by atoms with Crippen LogP contribution in [0.15, 0.2) is 27.2 Å². The monoisotopic (exact) mass is 473 g/mol. The first kappa shape index (κ1) is 22.9. The number of carbonyl (C=O) groups excluding carboxylic acids is 2. The van der Waals surface area contributed by atoms with Gasteiger partial charge in [0.15, 0.2) is 5.78 Å². The Morgan fingerprint density at radius 3 is 2.74 bits per heavy atom. The Morgan fingerprint density at radius 2 is 2.13 bits per heavy atom. The molecule has 1 aliphatic heterocycles. The lowest BCUT2D eigenvalue weighted by Gasteiger charge is -2.16. The number of pyridine rings is 1. The SMILES string of the molecule is CCn1c(O)c(C(=O)CCCN2C(=O)/C(=C/c3cccs3)SC2=S)c(C)c(C#N)c1=O. The van der Waals surface area contributed by atoms with E-state index in [9.17, 15) is 24.8 Å². The van der Waals surface area contributed by atoms with Crippen LogP contribution in [0.1, 0.15) is 46.1 Å². The maximum Gasteiger partial charge on any atom is 0.271 e. The second kappa shape index (κ2) is 9.60. The number of nitrogens with zero attached hydrogens (tertiary/aromatic N) is 3. The van der Waals surface area contributed by atoms with Gasteiger partial charge in [-0.25, -0.2) is 0 Å². The summed E-state index contributed by atoms with van der Waals surface area (Å²) in [6.07, 6.45) is 2.15. The van der Waals surface area contributed by atoms with Crippen LogP contribution in [0.5, 0.6) is 5.88 Å². The van der Waals surface area contributed by atoms with E-state index in [2.05, 4.69) is 0 Å². The van der Waals surface area contributed by atoms with Crippen LogP contribution in [0.4, 0.5) is 0 Å². The molecule has 0 atom stereocenters. The van der Waals surface area contributed by atoms with Crippen molar-refractivity contribution in [3.05, 3.63) is 54.3 Å². The number of carbonyl (C=O) groups is 2. The van der Waals surface area contributed by atoms with E-state index in [1.54, 1.807) is 13.0 Å². The van der Waals surface area contributed by atoms with Gasteiger partial charge in [-0.05, 0) is 43.4 Å². The van der Waals surface area contributed by atoms with Crippen LogP contribution in [-0.2, 0) is 11.3 Å². The Hall–Kier alpha value is -2.74. The van der Waals surface area contributed by atoms with E-state index < -0.39 is 17.2 Å². The van der Waals surface area contributed by atoms with Crippen LogP contribution in [0.2, 0.25) is 0 Å². The van der Waals surface area contributed by atoms with Gasteiger partial charge < -0.3 is 5.11 Å². The number of hydrogen-bond donors (Lipinski definition) is 1. The van der Waals surface area contributed by atoms with Crippen molar-refractivity contribution >= 4 is 57.4 Å². The van der Waals surface area contributed by atoms with Gasteiger partial charge in [0.1, 0.15) is 16.0 Å². The van der Waals surface area contributed by atoms with E-state index in [0.717, 1.165) is 9.44 Å². The molecule has 10 heteroatoms. The number of nitriles is 1. The summed E-state index contributed by atoms with van der Waals surface area (Å²) in [5, 5.41) is 21.6. The number of hydrogen-bond acceptors (Lipinski definition) is 8. The van der Waals surface area contributed by atoms with Gasteiger partial charge in [0.05, 0.1) is 10.5 Å². The molecule has 3 rings (SSSR count). The Morgan fingerprint density at radius 1 is 1.39 bits per heavy atom. The third-order valence-corrected chi connectivity index (χ3v) is 7.07. The molecule has 1 fully saturated rings. The van der Waals surface area contributed by atoms with Gasteiger partial charge in [0, 0.05) is 24.4 Å². The van der Waals surface area contributed by atoms with Gasteiger partial charge in [-0.3, -0.25) is 23.9 Å². The Kier molecular flexibility index (Phi) is 7.10. The average Bonchev–Trinajstić information content (AvgIpc) is 3.32. The lowest BCUT2D eigenvalue weighted by atomic mass is 9.99. The number of rotatable bonds is 7. The zero-order valence-corrected chi connectivity index (χ0v) is 19.3. The molecular formula is C21H19N3O4S3. The minimum absolute atomic E-state index is 0.0269. The highest BCUT2D eigenvalue weighted by Gasteiger charge is 2.32. The molecule has 0 bridgehead atoms. The first-order valence-corrected chi connectivity index (χ1v) is 11.6. The highest BCUT2D eigenvalue weighted by atomic mass is 32.2. The maximum absolute atomic E-state index is 12.8. The highest BCUT2D eigenvalue weighted by Crippen LogP contribution is 2.33. The summed E-state index contributed by atoms with van der Waals surface area (Å²) in [5.41, 5.74) is -0.629. The van der Waals surface area contributed by atoms with E-state index in [-0.39, 0.29) is 42.1 Å². The summed E-state index contributed by atoms with van der Waals surface area (Å²) < 4.78 is 1.45. The van der Waals surface area contributed by atoms with Crippen molar-refractivity contribution in [1.82, 2.24) is 9.47 Å². The van der Waals surface area contributed by atoms with Crippen molar-refractivity contribution in [3.8, 4) is 11.9 Å². The predicted octanol–water partition coefficient (Wildman–Crippen LogP) is 3.68. The molecule has 0 unspecified atom stereocenters. The summed E-state index contributed by atoms with van der Waals surface area (Å²) in [4.78, 5) is 40.7. The molecule has 3 heterocycles. The molecule has 0 aliphatic carbocycles. The molecule has 0 aromatic carbocycles. The summed E-state index contributed by atoms with van der Waals surface area (Å²) >= 11 is 8.07. The van der Waals surface area contributed by atoms with Gasteiger partial charge in [-0.1, -0.05) is 30.0 Å². The number of thiocarbonyl (C=S) groups is 1. The summed E-state index contributed by atoms with van der Waals surface area (Å²) in [6, 6.07) is 5.64. The fraction of sp³-hybridized carbons (Fsp3) is 0.286. The zero-order chi connectivity index (χ0) is 22.7. The van der Waals surface area contributed by atoms with Crippen LogP contribution in [0.3, 0.4) is 0 Å². The van der Waals surface area contributed by atoms with Crippen LogP contribution in [0.25, 0.3) is 6.08 Å². The van der Waals surface area contributed by atoms with E-state index in [1.165, 1.54) is 34.9 Å². The van der Waals surface area contributed by atoms with Crippen molar-refractivity contribution in [2.45, 2.75) is 33.2 Å². The Balaban J connectivity index is 1.73. The second-order valence-corrected chi connectivity index (χ2v) is 9.39. The Bertz CT molecular complexity index is 1190. The number of ketones is 1. The van der Waals surface area contributed by atoms with Crippen LogP contribution < -0.4 is 5.56 Å². The van der Waals surface area contributed by atoms with Crippen molar-refractivity contribution in [2.24, 2.45) is 0 Å². The minimum atomic E-state index is -0.619. The molecule has 0 saturated carbocycles. The van der Waals surface area contributed by atoms with Gasteiger partial charge in [-0.15, -0.1) is 11.3 Å². The van der Waals surface area contributed by atoms with E-state index in [0.29, 0.717) is 15.6 Å². The average molecular weight is 474 g/mol. The summed E-state index contributed by atoms with van der Waals surface area (Å²) in [7, 11) is 0. The van der Waals surface area contributed by atoms with E-state index in [1.807, 2.05) is 23.6 Å². The molecule has 1 saturated heterocycles. The van der Waals surface area contributed by atoms with Crippen LogP contribution in [0, 0.1) is 18.3 Å². The quantitative estimate of drug-likeness (QED) is 0.372. The van der Waals surface area contributed by atoms with Gasteiger partial charge in [0.25, 0.3) is 11.5 Å². The molecule has 7 nitrogen and oxygen atoms in total. The second-order valence-electron chi connectivity index (χ2n) is 6.74. The fourth-order valence-corrected chi connectivity index (χ4v) is 5.33. The third kappa shape index (κ3) is 4.49. The van der Waals surface area contributed by atoms with Crippen molar-refractivity contribution in [3.63, 3.8) is 0 Å². The van der Waals surface area contributed by atoms with Crippen LogP contribution in [-0.4, -0.2) is 37.1 Å². The summed E-state index contributed by atoms with van der Waals surface area (Å²) in [6.45, 7) is 3.51. The van der Waals surface area contributed by atoms with Crippen molar-refractivity contribution < 1.29 is 14.7 Å². The van der Waals surface area contributed by atoms with E-state index in [4.69, 9.17) is 12.2 Å². The van der Waals surface area contributed by atoms with Gasteiger partial charge in [0.2, 0.25) is 5.88 Å². The molecule has 2 aromatic heterocycles. The zero-order valence-electron chi connectivity index (χ0n) is 16.9. The van der Waals surface area contributed by atoms with Crippen molar-refractivity contribution in [2.75, 3.05) is 6.54 Å². The minimum Gasteiger partial charge on any atom is -0.494 e. The number of thioether (sulfide) groups is 1. The molecule has 2 aromatic rings. The molecule has 160 valence electrons. The first-order valence-electron chi connectivity index (χ1n) is 9.48. The van der Waals surface area contributed by atoms with Crippen molar-refractivity contribution in [1.29, 1.82) is 5.26 Å². The fourth-order valence-electron chi connectivity index (χ4n) is 3.30. The normalized spacial score (nSPS) is 15.0. The molecular weight excluding hydrogens is 454 g/mol. The molecule has 1 aliphatic rings. The largest absolute Gasteiger partial charge is 0.494 e. The topological polar surface area (TPSA) is 103 Å². The standard InChI is InChI=1S/C21H19N3O4S3/c1-3-23-18(26)14(11-22)12(2)17(20(23)28)15(25)7-4-8-24-19(27)16(31-21(24)29)10-13-6-5-9-30-13/h5-6,9-10,28H,3-4,7-8H2,1-2H3/b16-10-. The van der Waals surface area contributed by atoms with Gasteiger partial charge >= 0.3 is 0 Å². The molecule has 0 spiro atoms. The van der Waals surface area contributed by atoms with Gasteiger partial charge in [-0.2, -0.15) is 5.26 Å². The smallest absolute Gasteiger partial charge is 0.271 e. The Labute approximate surface area is 192 Å². The third-order valence-electron chi connectivity index (χ3n) is 4.87. The molecule has 1 amide bonds. The first-order chi connectivity index (χ1) is 14.8. The van der Waals surface area contributed by atoms with Crippen LogP contribution >= 0.6 is 35.3 Å². The lowest BCUT2D eigenvalue weighted by Crippen LogP contribution is -2.29. The predicted molar refractivity (Wildman–Crippen MR) is 125 cm³/mol. The number of amides is 1. The number of Topliss-reactive ketones (excluding diaryl/α,β-unsaturated/α-hetero) is 1. The lowest BCUT2D eigenvalue weighted by molar-refractivity contribution is -0.122. The molecule has 0 radical (unpaired) electrons. The molecule has 1 N–H and O–H groups in total. The van der Waals surface area contributed by atoms with E-state index >= 15 is 0 Å². The highest BCUT2D eigenvalue weighted by molar-refractivity contribution is 8.26. The number of aromatic hydroxyl groups is 1. The number of aromatic nitrogens is 1. The maximum atomic E-state index is 12.8. The molecule has 31 heavy (non-hydrogen) atoms. The number of thiophene rings is 1.